The van der Waals surface area contributed by atoms with E-state index in [1.54, 1.807) is 0 Å². The van der Waals surface area contributed by atoms with Crippen LogP contribution in [0.15, 0.2) is 25.3 Å². The standard InChI is InChI=1S/C12H14O6/c1-3-9(13)17-7-5-15-12-8(6-16-11(7)12)18-10(14)4-2/h3-4,7-8,11-12H,1-2,5-6H2/t7-,8-,11?,12?/m0/s1. The molecule has 98 valence electrons. The molecule has 6 heteroatoms. The smallest absolute Gasteiger partial charge is 0.330 e. The van der Waals surface area contributed by atoms with E-state index in [-0.39, 0.29) is 13.2 Å². The maximum absolute atomic E-state index is 11.1. The van der Waals surface area contributed by atoms with Gasteiger partial charge in [0.25, 0.3) is 0 Å². The summed E-state index contributed by atoms with van der Waals surface area (Å²) < 4.78 is 21.1. The third-order valence-electron chi connectivity index (χ3n) is 2.83. The van der Waals surface area contributed by atoms with Gasteiger partial charge in [-0.25, -0.2) is 9.59 Å². The maximum Gasteiger partial charge on any atom is 0.330 e. The molecule has 2 aliphatic heterocycles. The molecule has 4 atom stereocenters. The molecule has 6 nitrogen and oxygen atoms in total. The van der Waals surface area contributed by atoms with Crippen LogP contribution in [0.1, 0.15) is 0 Å². The van der Waals surface area contributed by atoms with E-state index in [9.17, 15) is 9.59 Å². The minimum Gasteiger partial charge on any atom is -0.454 e. The van der Waals surface area contributed by atoms with Gasteiger partial charge in [-0.15, -0.1) is 0 Å². The van der Waals surface area contributed by atoms with Crippen molar-refractivity contribution in [3.8, 4) is 0 Å². The summed E-state index contributed by atoms with van der Waals surface area (Å²) in [6, 6.07) is 0. The molecule has 2 saturated heterocycles. The molecule has 2 rings (SSSR count). The summed E-state index contributed by atoms with van der Waals surface area (Å²) in [5, 5.41) is 0. The van der Waals surface area contributed by atoms with Crippen molar-refractivity contribution in [2.45, 2.75) is 24.4 Å². The van der Waals surface area contributed by atoms with Gasteiger partial charge in [0.1, 0.15) is 12.2 Å². The summed E-state index contributed by atoms with van der Waals surface area (Å²) in [6.45, 7) is 7.07. The van der Waals surface area contributed by atoms with Gasteiger partial charge in [0.15, 0.2) is 12.2 Å². The van der Waals surface area contributed by atoms with Gasteiger partial charge in [0.2, 0.25) is 0 Å². The Labute approximate surface area is 104 Å². The Balaban J connectivity index is 1.94. The molecule has 0 amide bonds. The normalized spacial score (nSPS) is 33.6. The number of ether oxygens (including phenoxy) is 4. The van der Waals surface area contributed by atoms with Crippen LogP contribution in [-0.4, -0.2) is 49.6 Å². The van der Waals surface area contributed by atoms with Crippen molar-refractivity contribution < 1.29 is 28.5 Å². The van der Waals surface area contributed by atoms with Crippen LogP contribution in [0.3, 0.4) is 0 Å². The first-order valence-electron chi connectivity index (χ1n) is 5.55. The zero-order chi connectivity index (χ0) is 13.1. The largest absolute Gasteiger partial charge is 0.454 e. The molecule has 0 aromatic rings. The first kappa shape index (κ1) is 12.8. The number of hydrogen-bond acceptors (Lipinski definition) is 6. The van der Waals surface area contributed by atoms with Gasteiger partial charge in [-0.2, -0.15) is 0 Å². The molecule has 2 unspecified atom stereocenters. The molecule has 0 aliphatic carbocycles. The molecule has 2 heterocycles. The summed E-state index contributed by atoms with van der Waals surface area (Å²) in [7, 11) is 0. The number of esters is 2. The highest BCUT2D eigenvalue weighted by atomic mass is 16.7. The van der Waals surface area contributed by atoms with Crippen LogP contribution in [0, 0.1) is 0 Å². The fourth-order valence-corrected chi connectivity index (χ4v) is 2.03. The predicted octanol–water partition coefficient (Wildman–Crippen LogP) is -0.0204. The van der Waals surface area contributed by atoms with E-state index in [1.807, 2.05) is 0 Å². The summed E-state index contributed by atoms with van der Waals surface area (Å²) in [4.78, 5) is 22.2. The lowest BCUT2D eigenvalue weighted by atomic mass is 10.1. The molecule has 2 aliphatic rings. The van der Waals surface area contributed by atoms with E-state index in [0.717, 1.165) is 12.2 Å². The lowest BCUT2D eigenvalue weighted by Crippen LogP contribution is -2.35. The van der Waals surface area contributed by atoms with E-state index in [0.29, 0.717) is 0 Å². The van der Waals surface area contributed by atoms with Crippen LogP contribution in [0.4, 0.5) is 0 Å². The third-order valence-corrected chi connectivity index (χ3v) is 2.83. The molecule has 0 N–H and O–H groups in total. The molecule has 0 bridgehead atoms. The second kappa shape index (κ2) is 5.32. The Morgan fingerprint density at radius 3 is 1.67 bits per heavy atom. The van der Waals surface area contributed by atoms with Gasteiger partial charge in [0, 0.05) is 12.2 Å². The minimum atomic E-state index is -0.528. The van der Waals surface area contributed by atoms with Crippen LogP contribution < -0.4 is 0 Å². The predicted molar refractivity (Wildman–Crippen MR) is 59.6 cm³/mol. The van der Waals surface area contributed by atoms with E-state index in [4.69, 9.17) is 18.9 Å². The second-order valence-corrected chi connectivity index (χ2v) is 3.95. The highest BCUT2D eigenvalue weighted by Crippen LogP contribution is 2.30. The summed E-state index contributed by atoms with van der Waals surface area (Å²) in [6.07, 6.45) is 0.364. The topological polar surface area (TPSA) is 71.1 Å². The summed E-state index contributed by atoms with van der Waals surface area (Å²) >= 11 is 0. The van der Waals surface area contributed by atoms with Crippen LogP contribution in [-0.2, 0) is 28.5 Å². The third kappa shape index (κ3) is 2.44. The van der Waals surface area contributed by atoms with Crippen molar-refractivity contribution in [1.29, 1.82) is 0 Å². The van der Waals surface area contributed by atoms with Gasteiger partial charge < -0.3 is 18.9 Å². The van der Waals surface area contributed by atoms with Crippen molar-refractivity contribution in [3.63, 3.8) is 0 Å². The first-order chi connectivity index (χ1) is 8.65. The monoisotopic (exact) mass is 254 g/mol. The Bertz CT molecular complexity index is 341. The second-order valence-electron chi connectivity index (χ2n) is 3.95. The molecule has 0 aromatic heterocycles. The van der Waals surface area contributed by atoms with Crippen LogP contribution >= 0.6 is 0 Å². The number of fused-ring (bicyclic) bond motifs is 1. The van der Waals surface area contributed by atoms with Crippen LogP contribution in [0.5, 0.6) is 0 Å². The molecule has 2 fully saturated rings. The Hall–Kier alpha value is -1.66. The summed E-state index contributed by atoms with van der Waals surface area (Å²) in [5.74, 6) is -1.06. The molecule has 0 aromatic carbocycles. The minimum absolute atomic E-state index is 0.219. The summed E-state index contributed by atoms with van der Waals surface area (Å²) in [5.41, 5.74) is 0. The van der Waals surface area contributed by atoms with Gasteiger partial charge in [-0.05, 0) is 0 Å². The molecule has 0 radical (unpaired) electrons. The zero-order valence-electron chi connectivity index (χ0n) is 9.74. The molecular weight excluding hydrogens is 240 g/mol. The molecule has 0 saturated carbocycles. The molecule has 18 heavy (non-hydrogen) atoms. The highest BCUT2D eigenvalue weighted by Gasteiger charge is 2.50. The van der Waals surface area contributed by atoms with Gasteiger partial charge in [-0.3, -0.25) is 0 Å². The van der Waals surface area contributed by atoms with Crippen LogP contribution in [0.2, 0.25) is 0 Å². The maximum atomic E-state index is 11.1. The fourth-order valence-electron chi connectivity index (χ4n) is 2.03. The Morgan fingerprint density at radius 1 is 0.944 bits per heavy atom. The van der Waals surface area contributed by atoms with Gasteiger partial charge in [0.05, 0.1) is 13.2 Å². The highest BCUT2D eigenvalue weighted by molar-refractivity contribution is 5.81. The van der Waals surface area contributed by atoms with Crippen LogP contribution in [0.25, 0.3) is 0 Å². The molecule has 0 spiro atoms. The number of carbonyl (C=O) groups excluding carboxylic acids is 2. The van der Waals surface area contributed by atoms with Crippen molar-refractivity contribution in [2.24, 2.45) is 0 Å². The van der Waals surface area contributed by atoms with Crippen molar-refractivity contribution in [2.75, 3.05) is 13.2 Å². The lowest BCUT2D eigenvalue weighted by molar-refractivity contribution is -0.149. The van der Waals surface area contributed by atoms with E-state index >= 15 is 0 Å². The SMILES string of the molecule is C=CC(=O)O[C@H]1COC2C1OC[C@@H]2OC(=O)C=C. The number of rotatable bonds is 4. The Kier molecular flexibility index (Phi) is 3.78. The van der Waals surface area contributed by atoms with Gasteiger partial charge in [-0.1, -0.05) is 13.2 Å². The van der Waals surface area contributed by atoms with Crippen molar-refractivity contribution in [1.82, 2.24) is 0 Å². The number of hydrogen-bond donors (Lipinski definition) is 0. The van der Waals surface area contributed by atoms with E-state index < -0.39 is 36.4 Å². The van der Waals surface area contributed by atoms with Crippen molar-refractivity contribution >= 4 is 11.9 Å². The van der Waals surface area contributed by atoms with Crippen molar-refractivity contribution in [3.05, 3.63) is 25.3 Å². The average Bonchev–Trinajstić information content (AvgIpc) is 2.93. The number of carbonyl (C=O) groups is 2. The lowest BCUT2D eigenvalue weighted by Gasteiger charge is -2.16. The Morgan fingerprint density at radius 2 is 1.33 bits per heavy atom. The van der Waals surface area contributed by atoms with Gasteiger partial charge >= 0.3 is 11.9 Å². The average molecular weight is 254 g/mol. The molecular formula is C12H14O6. The van der Waals surface area contributed by atoms with E-state index in [2.05, 4.69) is 13.2 Å². The van der Waals surface area contributed by atoms with E-state index in [1.165, 1.54) is 0 Å². The zero-order valence-corrected chi connectivity index (χ0v) is 9.74. The first-order valence-corrected chi connectivity index (χ1v) is 5.55. The quantitative estimate of drug-likeness (QED) is 0.518. The fraction of sp³-hybridized carbons (Fsp3) is 0.500.